The summed E-state index contributed by atoms with van der Waals surface area (Å²) in [6, 6.07) is 16.9. The van der Waals surface area contributed by atoms with Crippen molar-refractivity contribution in [2.24, 2.45) is 0 Å². The van der Waals surface area contributed by atoms with Gasteiger partial charge < -0.3 is 14.4 Å². The minimum atomic E-state index is -0.802. The van der Waals surface area contributed by atoms with E-state index in [4.69, 9.17) is 9.47 Å². The van der Waals surface area contributed by atoms with E-state index in [9.17, 15) is 9.59 Å². The third-order valence-electron chi connectivity index (χ3n) is 5.44. The van der Waals surface area contributed by atoms with Gasteiger partial charge in [-0.1, -0.05) is 49.6 Å². The van der Waals surface area contributed by atoms with Gasteiger partial charge in [-0.15, -0.1) is 0 Å². The maximum absolute atomic E-state index is 12.6. The van der Waals surface area contributed by atoms with Crippen molar-refractivity contribution in [2.75, 3.05) is 7.05 Å². The first kappa shape index (κ1) is 20.9. The first-order chi connectivity index (χ1) is 14.0. The normalized spacial score (nSPS) is 15.4. The Hall–Kier alpha value is -2.82. The largest absolute Gasteiger partial charge is 0.489 e. The molecule has 0 saturated heterocycles. The molecule has 0 spiro atoms. The van der Waals surface area contributed by atoms with E-state index in [2.05, 4.69) is 0 Å². The van der Waals surface area contributed by atoms with Crippen LogP contribution in [0.2, 0.25) is 0 Å². The van der Waals surface area contributed by atoms with Crippen LogP contribution < -0.4 is 4.74 Å². The highest BCUT2D eigenvalue weighted by Gasteiger charge is 2.27. The van der Waals surface area contributed by atoms with Gasteiger partial charge in [0.15, 0.2) is 6.10 Å². The van der Waals surface area contributed by atoms with Gasteiger partial charge in [0.2, 0.25) is 0 Å². The number of carbonyl (C=O) groups excluding carboxylic acids is 2. The minimum absolute atomic E-state index is 0.145. The van der Waals surface area contributed by atoms with Crippen LogP contribution in [0.3, 0.4) is 0 Å². The van der Waals surface area contributed by atoms with Gasteiger partial charge in [-0.05, 0) is 49.6 Å². The zero-order valence-corrected chi connectivity index (χ0v) is 17.2. The summed E-state index contributed by atoms with van der Waals surface area (Å²) in [6.45, 7) is 2.10. The van der Waals surface area contributed by atoms with E-state index in [-0.39, 0.29) is 11.9 Å². The summed E-state index contributed by atoms with van der Waals surface area (Å²) in [5.41, 5.74) is 1.47. The molecule has 1 fully saturated rings. The molecule has 3 rings (SSSR count). The number of esters is 1. The third kappa shape index (κ3) is 5.83. The van der Waals surface area contributed by atoms with E-state index in [0.29, 0.717) is 17.9 Å². The Morgan fingerprint density at radius 3 is 2.31 bits per heavy atom. The summed E-state index contributed by atoms with van der Waals surface area (Å²) in [4.78, 5) is 26.8. The molecule has 1 saturated carbocycles. The van der Waals surface area contributed by atoms with Crippen molar-refractivity contribution in [3.05, 3.63) is 65.7 Å². The van der Waals surface area contributed by atoms with Gasteiger partial charge in [-0.2, -0.15) is 0 Å². The zero-order valence-electron chi connectivity index (χ0n) is 17.2. The van der Waals surface area contributed by atoms with Crippen molar-refractivity contribution >= 4 is 11.9 Å². The lowest BCUT2D eigenvalue weighted by molar-refractivity contribution is -0.141. The molecule has 0 unspecified atom stereocenters. The average molecular weight is 395 g/mol. The summed E-state index contributed by atoms with van der Waals surface area (Å²) in [7, 11) is 1.81. The van der Waals surface area contributed by atoms with Crippen molar-refractivity contribution in [1.29, 1.82) is 0 Å². The molecule has 0 aromatic heterocycles. The molecule has 5 nitrogen and oxygen atoms in total. The van der Waals surface area contributed by atoms with E-state index in [1.54, 1.807) is 36.1 Å². The molecular formula is C24H29NO4. The molecule has 29 heavy (non-hydrogen) atoms. The van der Waals surface area contributed by atoms with E-state index < -0.39 is 12.1 Å². The highest BCUT2D eigenvalue weighted by molar-refractivity contribution is 5.92. The predicted molar refractivity (Wildman–Crippen MR) is 112 cm³/mol. The Morgan fingerprint density at radius 1 is 1.00 bits per heavy atom. The number of hydrogen-bond donors (Lipinski definition) is 0. The van der Waals surface area contributed by atoms with Crippen LogP contribution in [0.25, 0.3) is 0 Å². The molecule has 1 amide bonds. The Bertz CT molecular complexity index is 797. The van der Waals surface area contributed by atoms with E-state index in [1.807, 2.05) is 37.4 Å². The van der Waals surface area contributed by atoms with Gasteiger partial charge in [0.05, 0.1) is 5.56 Å². The number of likely N-dealkylation sites (N-methyl/N-ethyl adjacent to an activating group) is 1. The highest BCUT2D eigenvalue weighted by Crippen LogP contribution is 2.22. The Balaban J connectivity index is 1.51. The molecule has 2 aromatic rings. The number of ether oxygens (including phenoxy) is 2. The van der Waals surface area contributed by atoms with Gasteiger partial charge in [0, 0.05) is 13.1 Å². The van der Waals surface area contributed by atoms with Crippen LogP contribution in [0, 0.1) is 0 Å². The second kappa shape index (κ2) is 10.1. The number of nitrogens with zero attached hydrogens (tertiary/aromatic N) is 1. The SMILES string of the molecule is C[C@@H](OC(=O)c1ccc(OCc2ccccc2)cc1)C(=O)N(C)C1CCCCC1. The van der Waals surface area contributed by atoms with Gasteiger partial charge in [0.25, 0.3) is 5.91 Å². The van der Waals surface area contributed by atoms with Crippen molar-refractivity contribution in [2.45, 2.75) is 57.8 Å². The first-order valence-corrected chi connectivity index (χ1v) is 10.3. The lowest BCUT2D eigenvalue weighted by Crippen LogP contribution is -2.44. The standard InChI is InChI=1S/C24H29NO4/c1-18(23(26)25(2)21-11-7-4-8-12-21)29-24(27)20-13-15-22(16-14-20)28-17-19-9-5-3-6-10-19/h3,5-6,9-10,13-16,18,21H,4,7-8,11-12,17H2,1-2H3/t18-/m1/s1. The molecule has 154 valence electrons. The predicted octanol–water partition coefficient (Wildman–Crippen LogP) is 4.60. The molecular weight excluding hydrogens is 366 g/mol. The van der Waals surface area contributed by atoms with Crippen molar-refractivity contribution < 1.29 is 19.1 Å². The fourth-order valence-corrected chi connectivity index (χ4v) is 3.64. The van der Waals surface area contributed by atoms with E-state index in [0.717, 1.165) is 31.2 Å². The van der Waals surface area contributed by atoms with Crippen LogP contribution >= 0.6 is 0 Å². The van der Waals surface area contributed by atoms with E-state index in [1.165, 1.54) is 6.42 Å². The van der Waals surface area contributed by atoms with Crippen LogP contribution in [0.5, 0.6) is 5.75 Å². The maximum Gasteiger partial charge on any atom is 0.338 e. The molecule has 5 heteroatoms. The number of amides is 1. The van der Waals surface area contributed by atoms with Crippen molar-refractivity contribution in [3.63, 3.8) is 0 Å². The minimum Gasteiger partial charge on any atom is -0.489 e. The van der Waals surface area contributed by atoms with Gasteiger partial charge in [-0.25, -0.2) is 4.79 Å². The summed E-state index contributed by atoms with van der Waals surface area (Å²) in [5, 5.41) is 0. The number of benzene rings is 2. The maximum atomic E-state index is 12.6. The summed E-state index contributed by atoms with van der Waals surface area (Å²) >= 11 is 0. The van der Waals surface area contributed by atoms with Crippen LogP contribution in [0.15, 0.2) is 54.6 Å². The first-order valence-electron chi connectivity index (χ1n) is 10.3. The lowest BCUT2D eigenvalue weighted by Gasteiger charge is -2.32. The third-order valence-corrected chi connectivity index (χ3v) is 5.44. The summed E-state index contributed by atoms with van der Waals surface area (Å²) < 4.78 is 11.1. The molecule has 0 aliphatic heterocycles. The van der Waals surface area contributed by atoms with Gasteiger partial charge in [0.1, 0.15) is 12.4 Å². The molecule has 1 aliphatic carbocycles. The smallest absolute Gasteiger partial charge is 0.338 e. The molecule has 1 atom stereocenters. The molecule has 2 aromatic carbocycles. The van der Waals surface area contributed by atoms with Crippen LogP contribution in [0.1, 0.15) is 54.9 Å². The molecule has 0 bridgehead atoms. The monoisotopic (exact) mass is 395 g/mol. The molecule has 0 radical (unpaired) electrons. The fraction of sp³-hybridized carbons (Fsp3) is 0.417. The second-order valence-electron chi connectivity index (χ2n) is 7.59. The fourth-order valence-electron chi connectivity index (χ4n) is 3.64. The van der Waals surface area contributed by atoms with Crippen LogP contribution in [-0.2, 0) is 16.1 Å². The number of hydrogen-bond acceptors (Lipinski definition) is 4. The van der Waals surface area contributed by atoms with Crippen molar-refractivity contribution in [3.8, 4) is 5.75 Å². The van der Waals surface area contributed by atoms with Gasteiger partial charge in [-0.3, -0.25) is 4.79 Å². The van der Waals surface area contributed by atoms with Crippen LogP contribution in [0.4, 0.5) is 0 Å². The van der Waals surface area contributed by atoms with E-state index >= 15 is 0 Å². The highest BCUT2D eigenvalue weighted by atomic mass is 16.5. The number of rotatable bonds is 7. The second-order valence-corrected chi connectivity index (χ2v) is 7.59. The quantitative estimate of drug-likeness (QED) is 0.643. The molecule has 0 heterocycles. The van der Waals surface area contributed by atoms with Crippen molar-refractivity contribution in [1.82, 2.24) is 4.90 Å². The number of carbonyl (C=O) groups is 2. The van der Waals surface area contributed by atoms with Gasteiger partial charge >= 0.3 is 5.97 Å². The Morgan fingerprint density at radius 2 is 1.66 bits per heavy atom. The topological polar surface area (TPSA) is 55.8 Å². The Labute approximate surface area is 172 Å². The summed E-state index contributed by atoms with van der Waals surface area (Å²) in [6.07, 6.45) is 4.77. The Kier molecular flexibility index (Phi) is 7.28. The molecule has 0 N–H and O–H groups in total. The average Bonchev–Trinajstić information content (AvgIpc) is 2.78. The molecule has 1 aliphatic rings. The summed E-state index contributed by atoms with van der Waals surface area (Å²) in [5.74, 6) is 0.0251. The van der Waals surface area contributed by atoms with Crippen LogP contribution in [-0.4, -0.2) is 36.0 Å². The lowest BCUT2D eigenvalue weighted by atomic mass is 9.94. The zero-order chi connectivity index (χ0) is 20.6.